The number of hydrogen-bond acceptors (Lipinski definition) is 2. The van der Waals surface area contributed by atoms with Gasteiger partial charge in [-0.2, -0.15) is 0 Å². The van der Waals surface area contributed by atoms with E-state index in [9.17, 15) is 4.79 Å². The van der Waals surface area contributed by atoms with Crippen molar-refractivity contribution in [2.45, 2.75) is 27.7 Å². The highest BCUT2D eigenvalue weighted by Crippen LogP contribution is 2.21. The second-order valence-corrected chi connectivity index (χ2v) is 6.92. The second-order valence-electron chi connectivity index (χ2n) is 6.92. The molecule has 0 radical (unpaired) electrons. The molecule has 3 heteroatoms. The third-order valence-corrected chi connectivity index (χ3v) is 4.89. The van der Waals surface area contributed by atoms with Gasteiger partial charge in [-0.15, -0.1) is 0 Å². The standard InChI is InChI=1S/C21H26N2O/c1-15-11-16(2)13-20(12-15)22-7-9-23(10-8-22)21(24)19-6-5-17(3)18(4)14-19/h5-6,11-14H,7-10H2,1-4H3. The van der Waals surface area contributed by atoms with Gasteiger partial charge in [0.1, 0.15) is 0 Å². The first-order chi connectivity index (χ1) is 11.4. The molecule has 1 aliphatic rings. The zero-order valence-electron chi connectivity index (χ0n) is 15.1. The van der Waals surface area contributed by atoms with Crippen LogP contribution >= 0.6 is 0 Å². The summed E-state index contributed by atoms with van der Waals surface area (Å²) in [6.07, 6.45) is 0. The normalized spacial score (nSPS) is 14.8. The van der Waals surface area contributed by atoms with E-state index in [1.165, 1.54) is 27.9 Å². The summed E-state index contributed by atoms with van der Waals surface area (Å²) >= 11 is 0. The van der Waals surface area contributed by atoms with Crippen molar-refractivity contribution < 1.29 is 4.79 Å². The van der Waals surface area contributed by atoms with Crippen molar-refractivity contribution in [1.82, 2.24) is 4.90 Å². The maximum atomic E-state index is 12.7. The Labute approximate surface area is 144 Å². The van der Waals surface area contributed by atoms with Crippen LogP contribution in [0.1, 0.15) is 32.6 Å². The van der Waals surface area contributed by atoms with Gasteiger partial charge in [0, 0.05) is 37.4 Å². The van der Waals surface area contributed by atoms with Crippen molar-refractivity contribution in [1.29, 1.82) is 0 Å². The summed E-state index contributed by atoms with van der Waals surface area (Å²) in [6.45, 7) is 11.7. The number of anilines is 1. The average Bonchev–Trinajstić information content (AvgIpc) is 2.56. The highest BCUT2D eigenvalue weighted by Gasteiger charge is 2.22. The van der Waals surface area contributed by atoms with Crippen LogP contribution in [0.5, 0.6) is 0 Å². The number of carbonyl (C=O) groups excluding carboxylic acids is 1. The zero-order valence-corrected chi connectivity index (χ0v) is 15.1. The van der Waals surface area contributed by atoms with Gasteiger partial charge in [-0.1, -0.05) is 12.1 Å². The van der Waals surface area contributed by atoms with Crippen molar-refractivity contribution in [3.63, 3.8) is 0 Å². The molecule has 2 aromatic rings. The molecule has 0 saturated carbocycles. The molecule has 2 aromatic carbocycles. The Morgan fingerprint density at radius 2 is 1.42 bits per heavy atom. The molecule has 3 rings (SSSR count). The molecule has 1 fully saturated rings. The summed E-state index contributed by atoms with van der Waals surface area (Å²) in [5.41, 5.74) is 7.06. The smallest absolute Gasteiger partial charge is 0.253 e. The molecule has 0 bridgehead atoms. The van der Waals surface area contributed by atoms with Crippen molar-refractivity contribution in [3.8, 4) is 0 Å². The van der Waals surface area contributed by atoms with Gasteiger partial charge in [0.2, 0.25) is 0 Å². The molecule has 0 N–H and O–H groups in total. The molecule has 0 spiro atoms. The number of piperazine rings is 1. The molecule has 1 aliphatic heterocycles. The summed E-state index contributed by atoms with van der Waals surface area (Å²) in [4.78, 5) is 17.1. The lowest BCUT2D eigenvalue weighted by molar-refractivity contribution is 0.0746. The molecule has 24 heavy (non-hydrogen) atoms. The Morgan fingerprint density at radius 1 is 0.792 bits per heavy atom. The maximum absolute atomic E-state index is 12.7. The van der Waals surface area contributed by atoms with Gasteiger partial charge in [0.05, 0.1) is 0 Å². The molecule has 3 nitrogen and oxygen atoms in total. The van der Waals surface area contributed by atoms with Gasteiger partial charge in [0.15, 0.2) is 0 Å². The van der Waals surface area contributed by atoms with E-state index in [4.69, 9.17) is 0 Å². The Hall–Kier alpha value is -2.29. The minimum atomic E-state index is 0.151. The summed E-state index contributed by atoms with van der Waals surface area (Å²) < 4.78 is 0. The molecule has 0 aliphatic carbocycles. The fourth-order valence-corrected chi connectivity index (χ4v) is 3.36. The Balaban J connectivity index is 1.68. The molecule has 1 heterocycles. The van der Waals surface area contributed by atoms with E-state index in [0.29, 0.717) is 0 Å². The minimum Gasteiger partial charge on any atom is -0.368 e. The van der Waals surface area contributed by atoms with E-state index in [2.05, 4.69) is 50.8 Å². The summed E-state index contributed by atoms with van der Waals surface area (Å²) in [5, 5.41) is 0. The monoisotopic (exact) mass is 322 g/mol. The number of aryl methyl sites for hydroxylation is 4. The predicted molar refractivity (Wildman–Crippen MR) is 99.9 cm³/mol. The number of benzene rings is 2. The first-order valence-electron chi connectivity index (χ1n) is 8.64. The number of carbonyl (C=O) groups is 1. The van der Waals surface area contributed by atoms with Crippen molar-refractivity contribution in [2.75, 3.05) is 31.1 Å². The quantitative estimate of drug-likeness (QED) is 0.837. The highest BCUT2D eigenvalue weighted by atomic mass is 16.2. The highest BCUT2D eigenvalue weighted by molar-refractivity contribution is 5.94. The molecule has 126 valence electrons. The number of nitrogens with zero attached hydrogens (tertiary/aromatic N) is 2. The second kappa shape index (κ2) is 6.68. The van der Waals surface area contributed by atoms with Crippen LogP contribution in [0.2, 0.25) is 0 Å². The van der Waals surface area contributed by atoms with E-state index in [1.807, 2.05) is 23.1 Å². The van der Waals surface area contributed by atoms with Gasteiger partial charge in [-0.05, 0) is 74.2 Å². The van der Waals surface area contributed by atoms with Gasteiger partial charge in [0.25, 0.3) is 5.91 Å². The summed E-state index contributed by atoms with van der Waals surface area (Å²) in [6, 6.07) is 12.6. The first-order valence-corrected chi connectivity index (χ1v) is 8.64. The summed E-state index contributed by atoms with van der Waals surface area (Å²) in [5.74, 6) is 0.151. The van der Waals surface area contributed by atoms with Crippen LogP contribution in [0.3, 0.4) is 0 Å². The molecular formula is C21H26N2O. The number of rotatable bonds is 2. The van der Waals surface area contributed by atoms with E-state index >= 15 is 0 Å². The van der Waals surface area contributed by atoms with Crippen LogP contribution in [0.25, 0.3) is 0 Å². The van der Waals surface area contributed by atoms with Crippen LogP contribution in [0.15, 0.2) is 36.4 Å². The van der Waals surface area contributed by atoms with Gasteiger partial charge >= 0.3 is 0 Å². The van der Waals surface area contributed by atoms with Crippen LogP contribution < -0.4 is 4.90 Å². The van der Waals surface area contributed by atoms with E-state index in [1.54, 1.807) is 0 Å². The number of amides is 1. The third-order valence-electron chi connectivity index (χ3n) is 4.89. The molecule has 1 saturated heterocycles. The maximum Gasteiger partial charge on any atom is 0.253 e. The van der Waals surface area contributed by atoms with Crippen molar-refractivity contribution in [3.05, 3.63) is 64.2 Å². The Morgan fingerprint density at radius 3 is 2.00 bits per heavy atom. The lowest BCUT2D eigenvalue weighted by Crippen LogP contribution is -2.48. The van der Waals surface area contributed by atoms with Crippen LogP contribution in [-0.4, -0.2) is 37.0 Å². The topological polar surface area (TPSA) is 23.6 Å². The van der Waals surface area contributed by atoms with Gasteiger partial charge < -0.3 is 9.80 Å². The SMILES string of the molecule is Cc1cc(C)cc(N2CCN(C(=O)c3ccc(C)c(C)c3)CC2)c1. The largest absolute Gasteiger partial charge is 0.368 e. The first kappa shape index (κ1) is 16.6. The molecular weight excluding hydrogens is 296 g/mol. The predicted octanol–water partition coefficient (Wildman–Crippen LogP) is 3.88. The Bertz CT molecular complexity index is 738. The van der Waals surface area contributed by atoms with Crippen LogP contribution in [-0.2, 0) is 0 Å². The zero-order chi connectivity index (χ0) is 17.3. The molecule has 1 amide bonds. The number of hydrogen-bond donors (Lipinski definition) is 0. The Kier molecular flexibility index (Phi) is 4.61. The molecule has 0 aromatic heterocycles. The fourth-order valence-electron chi connectivity index (χ4n) is 3.36. The lowest BCUT2D eigenvalue weighted by atomic mass is 10.1. The van der Waals surface area contributed by atoms with E-state index in [0.717, 1.165) is 31.7 Å². The van der Waals surface area contributed by atoms with Crippen LogP contribution in [0, 0.1) is 27.7 Å². The lowest BCUT2D eigenvalue weighted by Gasteiger charge is -2.36. The fraction of sp³-hybridized carbons (Fsp3) is 0.381. The minimum absolute atomic E-state index is 0.151. The van der Waals surface area contributed by atoms with Gasteiger partial charge in [-0.3, -0.25) is 4.79 Å². The average molecular weight is 322 g/mol. The van der Waals surface area contributed by atoms with E-state index in [-0.39, 0.29) is 5.91 Å². The molecule has 0 atom stereocenters. The van der Waals surface area contributed by atoms with E-state index < -0.39 is 0 Å². The third kappa shape index (κ3) is 3.45. The summed E-state index contributed by atoms with van der Waals surface area (Å²) in [7, 11) is 0. The van der Waals surface area contributed by atoms with Crippen molar-refractivity contribution >= 4 is 11.6 Å². The van der Waals surface area contributed by atoms with Crippen LogP contribution in [0.4, 0.5) is 5.69 Å². The molecule has 0 unspecified atom stereocenters. The van der Waals surface area contributed by atoms with Gasteiger partial charge in [-0.25, -0.2) is 0 Å². The van der Waals surface area contributed by atoms with Crippen molar-refractivity contribution in [2.24, 2.45) is 0 Å².